The average Bonchev–Trinajstić information content (AvgIpc) is 2.48. The molecule has 7 heteroatoms. The van der Waals surface area contributed by atoms with Crippen LogP contribution in [0.25, 0.3) is 10.8 Å². The molecule has 1 aromatic carbocycles. The highest BCUT2D eigenvalue weighted by Gasteiger charge is 2.09. The lowest BCUT2D eigenvalue weighted by molar-refractivity contribution is -0.384. The zero-order chi connectivity index (χ0) is 14.8. The maximum atomic E-state index is 10.8. The van der Waals surface area contributed by atoms with Crippen LogP contribution >= 0.6 is 11.6 Å². The van der Waals surface area contributed by atoms with Crippen molar-refractivity contribution in [3.05, 3.63) is 63.9 Å². The summed E-state index contributed by atoms with van der Waals surface area (Å²) in [4.78, 5) is 18.6. The van der Waals surface area contributed by atoms with Crippen LogP contribution < -0.4 is 5.32 Å². The Hall–Kier alpha value is -2.73. The van der Waals surface area contributed by atoms with Gasteiger partial charge in [-0.05, 0) is 23.6 Å². The zero-order valence-corrected chi connectivity index (χ0v) is 11.4. The molecule has 0 spiro atoms. The second-order valence-electron chi connectivity index (χ2n) is 4.31. The molecule has 0 aliphatic carbocycles. The Morgan fingerprint density at radius 2 is 1.90 bits per heavy atom. The number of aromatic nitrogens is 2. The van der Waals surface area contributed by atoms with Gasteiger partial charge in [0.1, 0.15) is 11.6 Å². The molecule has 0 saturated heterocycles. The van der Waals surface area contributed by atoms with E-state index in [0.29, 0.717) is 16.7 Å². The van der Waals surface area contributed by atoms with Gasteiger partial charge in [-0.2, -0.15) is 0 Å². The highest BCUT2D eigenvalue weighted by molar-refractivity contribution is 6.31. The molecule has 0 fully saturated rings. The van der Waals surface area contributed by atoms with Gasteiger partial charge >= 0.3 is 0 Å². The molecular weight excluding hydrogens is 292 g/mol. The van der Waals surface area contributed by atoms with Gasteiger partial charge in [-0.3, -0.25) is 10.1 Å². The molecule has 2 heterocycles. The van der Waals surface area contributed by atoms with E-state index in [1.165, 1.54) is 18.3 Å². The maximum Gasteiger partial charge on any atom is 0.274 e. The van der Waals surface area contributed by atoms with Crippen molar-refractivity contribution in [1.82, 2.24) is 9.97 Å². The molecule has 3 aromatic rings. The third-order valence-electron chi connectivity index (χ3n) is 2.93. The Morgan fingerprint density at radius 1 is 1.10 bits per heavy atom. The van der Waals surface area contributed by atoms with Crippen molar-refractivity contribution in [3.8, 4) is 0 Å². The molecule has 21 heavy (non-hydrogen) atoms. The van der Waals surface area contributed by atoms with E-state index in [2.05, 4.69) is 15.3 Å². The number of anilines is 2. The normalized spacial score (nSPS) is 10.5. The molecule has 3 rings (SSSR count). The molecule has 0 atom stereocenters. The number of rotatable bonds is 3. The Morgan fingerprint density at radius 3 is 2.71 bits per heavy atom. The monoisotopic (exact) mass is 300 g/mol. The van der Waals surface area contributed by atoms with E-state index < -0.39 is 4.92 Å². The first-order chi connectivity index (χ1) is 10.1. The number of nitrogens with one attached hydrogen (secondary N) is 1. The summed E-state index contributed by atoms with van der Waals surface area (Å²) < 4.78 is 0. The lowest BCUT2D eigenvalue weighted by Crippen LogP contribution is -1.98. The van der Waals surface area contributed by atoms with Crippen LogP contribution in [-0.4, -0.2) is 14.9 Å². The van der Waals surface area contributed by atoms with Gasteiger partial charge in [0.05, 0.1) is 11.0 Å². The van der Waals surface area contributed by atoms with Crippen molar-refractivity contribution in [2.24, 2.45) is 0 Å². The topological polar surface area (TPSA) is 81.0 Å². The van der Waals surface area contributed by atoms with E-state index in [-0.39, 0.29) is 5.69 Å². The lowest BCUT2D eigenvalue weighted by atomic mass is 10.1. The highest BCUT2D eigenvalue weighted by atomic mass is 35.5. The number of nitrogens with zero attached hydrogens (tertiary/aromatic N) is 3. The number of pyridine rings is 2. The average molecular weight is 301 g/mol. The van der Waals surface area contributed by atoms with Crippen molar-refractivity contribution < 1.29 is 4.92 Å². The molecule has 1 N–H and O–H groups in total. The van der Waals surface area contributed by atoms with E-state index >= 15 is 0 Å². The minimum Gasteiger partial charge on any atom is -0.324 e. The fraction of sp³-hybridized carbons (Fsp3) is 0. The second-order valence-corrected chi connectivity index (χ2v) is 4.74. The molecule has 104 valence electrons. The van der Waals surface area contributed by atoms with Crippen LogP contribution in [0, 0.1) is 10.1 Å². The van der Waals surface area contributed by atoms with Crippen molar-refractivity contribution in [1.29, 1.82) is 0 Å². The third kappa shape index (κ3) is 2.75. The molecule has 0 radical (unpaired) electrons. The molecule has 0 aliphatic heterocycles. The van der Waals surface area contributed by atoms with Gasteiger partial charge in [0.15, 0.2) is 0 Å². The van der Waals surface area contributed by atoms with Crippen LogP contribution in [0.5, 0.6) is 0 Å². The Labute approximate surface area is 124 Å². The molecule has 0 aliphatic rings. The SMILES string of the molecule is O=[N+]([O-])c1ccnc(Nc2nccc3ccc(Cl)cc23)c1. The summed E-state index contributed by atoms with van der Waals surface area (Å²) in [7, 11) is 0. The van der Waals surface area contributed by atoms with Crippen LogP contribution in [0.2, 0.25) is 5.02 Å². The summed E-state index contributed by atoms with van der Waals surface area (Å²) in [6.07, 6.45) is 3.02. The van der Waals surface area contributed by atoms with Crippen molar-refractivity contribution in [3.63, 3.8) is 0 Å². The summed E-state index contributed by atoms with van der Waals surface area (Å²) in [5.41, 5.74) is -0.0363. The number of benzene rings is 1. The predicted molar refractivity (Wildman–Crippen MR) is 80.9 cm³/mol. The quantitative estimate of drug-likeness (QED) is 0.585. The van der Waals surface area contributed by atoms with Gasteiger partial charge < -0.3 is 5.32 Å². The number of halogens is 1. The zero-order valence-electron chi connectivity index (χ0n) is 10.7. The summed E-state index contributed by atoms with van der Waals surface area (Å²) in [5.74, 6) is 0.896. The number of hydrogen-bond donors (Lipinski definition) is 1. The van der Waals surface area contributed by atoms with Gasteiger partial charge in [0.25, 0.3) is 5.69 Å². The summed E-state index contributed by atoms with van der Waals surface area (Å²) in [6.45, 7) is 0. The first-order valence-corrected chi connectivity index (χ1v) is 6.43. The molecule has 0 unspecified atom stereocenters. The van der Waals surface area contributed by atoms with Crippen LogP contribution in [0.15, 0.2) is 48.8 Å². The number of fused-ring (bicyclic) bond motifs is 1. The fourth-order valence-corrected chi connectivity index (χ4v) is 2.13. The molecule has 2 aromatic heterocycles. The van der Waals surface area contributed by atoms with Gasteiger partial charge in [-0.15, -0.1) is 0 Å². The predicted octanol–water partition coefficient (Wildman–Crippen LogP) is 3.94. The minimum absolute atomic E-state index is 0.0363. The Kier molecular flexibility index (Phi) is 3.37. The maximum absolute atomic E-state index is 10.8. The van der Waals surface area contributed by atoms with Gasteiger partial charge in [0, 0.05) is 28.9 Å². The van der Waals surface area contributed by atoms with Crippen molar-refractivity contribution >= 4 is 39.7 Å². The minimum atomic E-state index is -0.472. The number of hydrogen-bond acceptors (Lipinski definition) is 5. The Bertz CT molecular complexity index is 838. The first kappa shape index (κ1) is 13.3. The fourth-order valence-electron chi connectivity index (χ4n) is 1.96. The van der Waals surface area contributed by atoms with E-state index in [1.54, 1.807) is 18.3 Å². The molecule has 6 nitrogen and oxygen atoms in total. The smallest absolute Gasteiger partial charge is 0.274 e. The highest BCUT2D eigenvalue weighted by Crippen LogP contribution is 2.27. The van der Waals surface area contributed by atoms with Crippen LogP contribution in [0.1, 0.15) is 0 Å². The van der Waals surface area contributed by atoms with Gasteiger partial charge in [-0.1, -0.05) is 17.7 Å². The molecule has 0 bridgehead atoms. The van der Waals surface area contributed by atoms with E-state index in [0.717, 1.165) is 10.8 Å². The third-order valence-corrected chi connectivity index (χ3v) is 3.16. The van der Waals surface area contributed by atoms with Crippen LogP contribution in [0.3, 0.4) is 0 Å². The summed E-state index contributed by atoms with van der Waals surface area (Å²) in [5, 5.41) is 16.1. The first-order valence-electron chi connectivity index (χ1n) is 6.05. The number of nitro groups is 1. The van der Waals surface area contributed by atoms with Crippen LogP contribution in [0.4, 0.5) is 17.3 Å². The lowest BCUT2D eigenvalue weighted by Gasteiger charge is -2.08. The van der Waals surface area contributed by atoms with E-state index in [4.69, 9.17) is 11.6 Å². The van der Waals surface area contributed by atoms with Gasteiger partial charge in [0.2, 0.25) is 0 Å². The van der Waals surface area contributed by atoms with Gasteiger partial charge in [-0.25, -0.2) is 9.97 Å². The second kappa shape index (κ2) is 5.34. The summed E-state index contributed by atoms with van der Waals surface area (Å²) >= 11 is 6.00. The Balaban J connectivity index is 2.04. The van der Waals surface area contributed by atoms with Crippen molar-refractivity contribution in [2.45, 2.75) is 0 Å². The van der Waals surface area contributed by atoms with Crippen LogP contribution in [-0.2, 0) is 0 Å². The van der Waals surface area contributed by atoms with E-state index in [9.17, 15) is 10.1 Å². The largest absolute Gasteiger partial charge is 0.324 e. The molecule has 0 saturated carbocycles. The van der Waals surface area contributed by atoms with E-state index in [1.807, 2.05) is 12.1 Å². The molecule has 0 amide bonds. The molecular formula is C14H9ClN4O2. The van der Waals surface area contributed by atoms with Crippen molar-refractivity contribution in [2.75, 3.05) is 5.32 Å². The standard InChI is InChI=1S/C14H9ClN4O2/c15-10-2-1-9-3-5-17-14(12(9)7-10)18-13-8-11(19(20)21)4-6-16-13/h1-8H,(H,16,17,18). The summed E-state index contributed by atoms with van der Waals surface area (Å²) in [6, 6.07) is 10.00.